The van der Waals surface area contributed by atoms with Crippen molar-refractivity contribution >= 4 is 23.0 Å². The number of ketones is 1. The molecule has 7 rings (SSSR count). The number of carbonyl (C=O) groups is 1. The standard InChI is InChI=1S/C29H32N8O2/c1-18-20(22-15-23(29(39)32-31-22)30-27-14-19-16-34(2)10-13-37(19)33-27)7-5-9-24(18)35-11-12-36-25-8-4-3-6-21(25)28(38)26(36)17-35/h5,7,9,14-15,17H,3-4,6,8,10-13,16H2,1-2H3,(H,32,39)(H,30,31,33). The fraction of sp³-hybridized carbons (Fsp3) is 0.379. The van der Waals surface area contributed by atoms with E-state index in [1.165, 1.54) is 5.70 Å². The topological polar surface area (TPSA) is 102 Å². The number of fused-ring (bicyclic) bond motifs is 3. The largest absolute Gasteiger partial charge is 0.344 e. The summed E-state index contributed by atoms with van der Waals surface area (Å²) in [6.45, 7) is 6.26. The molecule has 3 aromatic rings. The van der Waals surface area contributed by atoms with Crippen molar-refractivity contribution in [3.63, 3.8) is 0 Å². The van der Waals surface area contributed by atoms with E-state index >= 15 is 0 Å². The zero-order chi connectivity index (χ0) is 26.7. The van der Waals surface area contributed by atoms with Crippen molar-refractivity contribution in [2.75, 3.05) is 36.9 Å². The summed E-state index contributed by atoms with van der Waals surface area (Å²) in [4.78, 5) is 32.5. The third kappa shape index (κ3) is 4.06. The molecule has 0 saturated heterocycles. The quantitative estimate of drug-likeness (QED) is 0.535. The number of anilines is 3. The number of likely N-dealkylation sites (N-methyl/N-ethyl adjacent to an activating group) is 1. The molecule has 0 radical (unpaired) electrons. The highest BCUT2D eigenvalue weighted by molar-refractivity contribution is 6.11. The van der Waals surface area contributed by atoms with Gasteiger partial charge in [-0.1, -0.05) is 12.1 Å². The molecule has 0 bridgehead atoms. The summed E-state index contributed by atoms with van der Waals surface area (Å²) in [5, 5.41) is 14.9. The van der Waals surface area contributed by atoms with Gasteiger partial charge in [0.25, 0.3) is 5.56 Å². The fourth-order valence-electron chi connectivity index (χ4n) is 6.29. The minimum Gasteiger partial charge on any atom is -0.344 e. The van der Waals surface area contributed by atoms with Crippen LogP contribution in [-0.2, 0) is 17.9 Å². The number of aromatic nitrogens is 4. The summed E-state index contributed by atoms with van der Waals surface area (Å²) in [6, 6.07) is 9.87. The molecular weight excluding hydrogens is 492 g/mol. The highest BCUT2D eigenvalue weighted by Crippen LogP contribution is 2.40. The lowest BCUT2D eigenvalue weighted by atomic mass is 9.96. The van der Waals surface area contributed by atoms with Crippen molar-refractivity contribution < 1.29 is 4.79 Å². The number of H-pyrrole nitrogens is 1. The molecule has 0 unspecified atom stereocenters. The first-order chi connectivity index (χ1) is 19.0. The van der Waals surface area contributed by atoms with Crippen LogP contribution in [0, 0.1) is 6.92 Å². The summed E-state index contributed by atoms with van der Waals surface area (Å²) in [7, 11) is 2.09. The minimum atomic E-state index is -0.298. The van der Waals surface area contributed by atoms with Crippen LogP contribution in [0.1, 0.15) is 36.9 Å². The number of hydrogen-bond acceptors (Lipinski definition) is 8. The lowest BCUT2D eigenvalue weighted by molar-refractivity contribution is -0.112. The van der Waals surface area contributed by atoms with E-state index in [0.29, 0.717) is 17.2 Å². The Morgan fingerprint density at radius 1 is 1.03 bits per heavy atom. The van der Waals surface area contributed by atoms with Crippen LogP contribution in [0.3, 0.4) is 0 Å². The molecule has 5 heterocycles. The second-order valence-corrected chi connectivity index (χ2v) is 10.9. The molecule has 10 nitrogen and oxygen atoms in total. The Labute approximate surface area is 226 Å². The van der Waals surface area contributed by atoms with Gasteiger partial charge in [-0.25, -0.2) is 5.10 Å². The second-order valence-electron chi connectivity index (χ2n) is 10.9. The van der Waals surface area contributed by atoms with Gasteiger partial charge in [-0.2, -0.15) is 10.2 Å². The summed E-state index contributed by atoms with van der Waals surface area (Å²) in [5.41, 5.74) is 7.93. The number of benzene rings is 1. The van der Waals surface area contributed by atoms with Crippen molar-refractivity contribution in [2.24, 2.45) is 0 Å². The van der Waals surface area contributed by atoms with Crippen LogP contribution in [0.5, 0.6) is 0 Å². The molecule has 0 fully saturated rings. The molecular formula is C29H32N8O2. The lowest BCUT2D eigenvalue weighted by Gasteiger charge is -2.34. The van der Waals surface area contributed by atoms with Crippen molar-refractivity contribution in [1.82, 2.24) is 29.8 Å². The molecule has 10 heteroatoms. The summed E-state index contributed by atoms with van der Waals surface area (Å²) < 4.78 is 1.99. The highest BCUT2D eigenvalue weighted by atomic mass is 16.1. The van der Waals surface area contributed by atoms with Gasteiger partial charge in [0.2, 0.25) is 5.78 Å². The lowest BCUT2D eigenvalue weighted by Crippen LogP contribution is -2.37. The number of nitrogens with zero attached hydrogens (tertiary/aromatic N) is 6. The average Bonchev–Trinajstić information content (AvgIpc) is 3.47. The maximum Gasteiger partial charge on any atom is 0.287 e. The molecule has 0 atom stereocenters. The average molecular weight is 525 g/mol. The Balaban J connectivity index is 1.18. The number of nitrogens with one attached hydrogen (secondary N) is 2. The van der Waals surface area contributed by atoms with E-state index in [4.69, 9.17) is 0 Å². The van der Waals surface area contributed by atoms with E-state index in [-0.39, 0.29) is 11.3 Å². The smallest absolute Gasteiger partial charge is 0.287 e. The van der Waals surface area contributed by atoms with Gasteiger partial charge in [0.15, 0.2) is 5.82 Å². The van der Waals surface area contributed by atoms with E-state index in [9.17, 15) is 9.59 Å². The molecule has 2 aromatic heterocycles. The van der Waals surface area contributed by atoms with Crippen LogP contribution in [0.4, 0.5) is 17.2 Å². The second kappa shape index (κ2) is 9.23. The van der Waals surface area contributed by atoms with E-state index in [1.807, 2.05) is 29.1 Å². The normalized spacial score (nSPS) is 19.1. The maximum absolute atomic E-state index is 13.2. The van der Waals surface area contributed by atoms with Crippen LogP contribution < -0.4 is 15.8 Å². The minimum absolute atomic E-state index is 0.189. The molecule has 0 spiro atoms. The van der Waals surface area contributed by atoms with E-state index in [0.717, 1.165) is 92.2 Å². The third-order valence-corrected chi connectivity index (χ3v) is 8.35. The van der Waals surface area contributed by atoms with Gasteiger partial charge >= 0.3 is 0 Å². The van der Waals surface area contributed by atoms with Crippen molar-refractivity contribution in [3.05, 3.63) is 75.1 Å². The first kappa shape index (κ1) is 23.9. The number of hydrogen-bond donors (Lipinski definition) is 2. The Morgan fingerprint density at radius 2 is 1.90 bits per heavy atom. The molecule has 1 aliphatic carbocycles. The van der Waals surface area contributed by atoms with Crippen LogP contribution in [-0.4, -0.2) is 62.2 Å². The molecule has 3 aliphatic heterocycles. The Bertz CT molecular complexity index is 1610. The first-order valence-corrected chi connectivity index (χ1v) is 13.7. The molecule has 0 saturated carbocycles. The zero-order valence-electron chi connectivity index (χ0n) is 22.3. The van der Waals surface area contributed by atoms with E-state index in [2.05, 4.69) is 55.4 Å². The van der Waals surface area contributed by atoms with Crippen LogP contribution in [0.2, 0.25) is 0 Å². The van der Waals surface area contributed by atoms with Gasteiger partial charge in [-0.3, -0.25) is 19.2 Å². The molecule has 200 valence electrons. The van der Waals surface area contributed by atoms with E-state index in [1.54, 1.807) is 6.07 Å². The number of rotatable bonds is 4. The Morgan fingerprint density at radius 3 is 2.79 bits per heavy atom. The van der Waals surface area contributed by atoms with Gasteiger partial charge < -0.3 is 15.1 Å². The number of allylic oxidation sites excluding steroid dienone is 2. The summed E-state index contributed by atoms with van der Waals surface area (Å²) in [5.74, 6) is 0.837. The number of Topliss-reactive ketones (excluding diaryl/α,β-unsaturated/α-hetero) is 1. The Kier molecular flexibility index (Phi) is 5.66. The Hall–Kier alpha value is -4.18. The molecule has 4 aliphatic rings. The zero-order valence-corrected chi connectivity index (χ0v) is 22.3. The number of carbonyl (C=O) groups excluding carboxylic acids is 1. The highest BCUT2D eigenvalue weighted by Gasteiger charge is 2.38. The van der Waals surface area contributed by atoms with Crippen molar-refractivity contribution in [2.45, 2.75) is 45.7 Å². The van der Waals surface area contributed by atoms with Crippen molar-refractivity contribution in [3.8, 4) is 11.3 Å². The number of aromatic amines is 1. The first-order valence-electron chi connectivity index (χ1n) is 13.7. The van der Waals surface area contributed by atoms with Crippen molar-refractivity contribution in [1.29, 1.82) is 0 Å². The van der Waals surface area contributed by atoms with Crippen LogP contribution >= 0.6 is 0 Å². The van der Waals surface area contributed by atoms with E-state index < -0.39 is 0 Å². The predicted octanol–water partition coefficient (Wildman–Crippen LogP) is 3.51. The van der Waals surface area contributed by atoms with Gasteiger partial charge in [0.1, 0.15) is 11.4 Å². The molecule has 2 N–H and O–H groups in total. The van der Waals surface area contributed by atoms with Gasteiger partial charge in [-0.05, 0) is 57.4 Å². The maximum atomic E-state index is 13.2. The molecule has 0 amide bonds. The fourth-order valence-corrected chi connectivity index (χ4v) is 6.29. The monoisotopic (exact) mass is 524 g/mol. The molecule has 39 heavy (non-hydrogen) atoms. The van der Waals surface area contributed by atoms with Gasteiger partial charge in [-0.15, -0.1) is 0 Å². The van der Waals surface area contributed by atoms with Crippen LogP contribution in [0.25, 0.3) is 11.3 Å². The summed E-state index contributed by atoms with van der Waals surface area (Å²) >= 11 is 0. The van der Waals surface area contributed by atoms with Gasteiger partial charge in [0.05, 0.1) is 17.9 Å². The SMILES string of the molecule is Cc1c(-c2cc(Nc3cc4n(n3)CCN(C)C4)c(=O)[nH]n2)cccc1N1C=C2C(=O)C3=C(CCCC3)N2CC1. The predicted molar refractivity (Wildman–Crippen MR) is 150 cm³/mol. The molecule has 1 aromatic carbocycles. The van der Waals surface area contributed by atoms with Crippen LogP contribution in [0.15, 0.2) is 58.3 Å². The summed E-state index contributed by atoms with van der Waals surface area (Å²) in [6.07, 6.45) is 6.16. The third-order valence-electron chi connectivity index (χ3n) is 8.35. The van der Waals surface area contributed by atoms with Gasteiger partial charge in [0, 0.05) is 61.0 Å².